The van der Waals surface area contributed by atoms with Crippen molar-refractivity contribution >= 4 is 35.7 Å². The van der Waals surface area contributed by atoms with Gasteiger partial charge in [0, 0.05) is 12.1 Å². The van der Waals surface area contributed by atoms with Crippen molar-refractivity contribution in [2.45, 2.75) is 25.5 Å². The van der Waals surface area contributed by atoms with Crippen LogP contribution in [0.5, 0.6) is 0 Å². The van der Waals surface area contributed by atoms with Crippen molar-refractivity contribution in [2.75, 3.05) is 0 Å². The summed E-state index contributed by atoms with van der Waals surface area (Å²) in [5.41, 5.74) is -0.712. The number of nitrogens with one attached hydrogen (secondary N) is 1. The van der Waals surface area contributed by atoms with E-state index in [1.54, 1.807) is 0 Å². The van der Waals surface area contributed by atoms with Crippen LogP contribution < -0.4 is 5.69 Å². The number of aliphatic hydroxyl groups is 1. The number of aliphatic hydroxyl groups excluding tert-OH is 1. The second kappa shape index (κ2) is 8.28. The first kappa shape index (κ1) is 23.7. The Morgan fingerprint density at radius 2 is 1.79 bits per heavy atom. The zero-order valence-corrected chi connectivity index (χ0v) is 17.2. The first-order chi connectivity index (χ1) is 12.6. The number of phosphoric acid groups is 3. The molecule has 0 radical (unpaired) electrons. The summed E-state index contributed by atoms with van der Waals surface area (Å²) < 4.78 is 51.6. The van der Waals surface area contributed by atoms with E-state index in [2.05, 4.69) is 18.1 Å². The quantitative estimate of drug-likeness (QED) is 0.223. The van der Waals surface area contributed by atoms with E-state index < -0.39 is 53.7 Å². The molecule has 160 valence electrons. The van der Waals surface area contributed by atoms with Crippen LogP contribution in [0.25, 0.3) is 0 Å². The van der Waals surface area contributed by atoms with Crippen LogP contribution in [0.4, 0.5) is 0 Å². The van der Waals surface area contributed by atoms with Gasteiger partial charge in [0.2, 0.25) is 0 Å². The summed E-state index contributed by atoms with van der Waals surface area (Å²) in [4.78, 5) is 49.8. The lowest BCUT2D eigenvalue weighted by atomic mass is 10.1. The molecule has 0 aliphatic carbocycles. The SMILES string of the molecule is CC1[C@@H](O)[C@@H](OP(=O)(O)OP(=O)(O)OP(=O)(O)O)O[C@H]1n1ccc(=S)[nH]c1=O. The minimum absolute atomic E-state index is 0.122. The van der Waals surface area contributed by atoms with E-state index in [0.29, 0.717) is 0 Å². The molecule has 28 heavy (non-hydrogen) atoms. The highest BCUT2D eigenvalue weighted by Gasteiger charge is 2.49. The molecule has 3 unspecified atom stereocenters. The van der Waals surface area contributed by atoms with Gasteiger partial charge in [-0.2, -0.15) is 8.62 Å². The van der Waals surface area contributed by atoms with Crippen molar-refractivity contribution in [3.63, 3.8) is 0 Å². The summed E-state index contributed by atoms with van der Waals surface area (Å²) in [6.45, 7) is 1.41. The Morgan fingerprint density at radius 3 is 2.32 bits per heavy atom. The zero-order valence-electron chi connectivity index (χ0n) is 13.7. The fourth-order valence-electron chi connectivity index (χ4n) is 2.22. The van der Waals surface area contributed by atoms with E-state index >= 15 is 0 Å². The van der Waals surface area contributed by atoms with Gasteiger partial charge in [-0.1, -0.05) is 19.1 Å². The molecule has 19 heteroatoms. The van der Waals surface area contributed by atoms with Crippen molar-refractivity contribution in [3.05, 3.63) is 27.4 Å². The Balaban J connectivity index is 2.16. The Labute approximate surface area is 160 Å². The lowest BCUT2D eigenvalue weighted by Gasteiger charge is -2.20. The second-order valence-electron chi connectivity index (χ2n) is 5.46. The van der Waals surface area contributed by atoms with Gasteiger partial charge in [-0.25, -0.2) is 18.5 Å². The number of ether oxygens (including phenoxy) is 1. The van der Waals surface area contributed by atoms with Crippen LogP contribution in [0, 0.1) is 10.6 Å². The summed E-state index contributed by atoms with van der Waals surface area (Å²) >= 11 is 4.78. The standard InChI is InChI=1S/C9H15N2O13P3S/c1-4-6(12)8(21-7(4)11-3-2-5(28)10-9(11)13)22-26(17,18)24-27(19,20)23-25(14,15)16/h2-4,6-8,12H,1H3,(H,17,18)(H,19,20)(H,10,13,28)(H2,14,15,16)/t4?,6-,7-,8-/m1/s1. The highest BCUT2D eigenvalue weighted by Crippen LogP contribution is 2.67. The summed E-state index contributed by atoms with van der Waals surface area (Å²) in [6, 6.07) is 1.34. The maximum Gasteiger partial charge on any atom is 0.490 e. The van der Waals surface area contributed by atoms with E-state index in [9.17, 15) is 28.5 Å². The molecule has 1 aliphatic heterocycles. The normalized spacial score (nSPS) is 29.9. The van der Waals surface area contributed by atoms with E-state index in [0.717, 1.165) is 4.57 Å². The highest BCUT2D eigenvalue weighted by atomic mass is 32.1. The van der Waals surface area contributed by atoms with Crippen LogP contribution in [0.2, 0.25) is 0 Å². The van der Waals surface area contributed by atoms with Gasteiger partial charge in [0.1, 0.15) is 17.0 Å². The maximum atomic E-state index is 11.9. The fourth-order valence-corrected chi connectivity index (χ4v) is 5.47. The predicted octanol–water partition coefficient (Wildman–Crippen LogP) is 0.101. The number of phosphoric ester groups is 1. The molecule has 6 atom stereocenters. The van der Waals surface area contributed by atoms with Crippen LogP contribution in [0.3, 0.4) is 0 Å². The Hall–Kier alpha value is -0.570. The van der Waals surface area contributed by atoms with Gasteiger partial charge in [0.25, 0.3) is 0 Å². The zero-order chi connectivity index (χ0) is 21.5. The molecule has 1 aromatic heterocycles. The lowest BCUT2D eigenvalue weighted by molar-refractivity contribution is -0.134. The third-order valence-corrected chi connectivity index (χ3v) is 7.36. The van der Waals surface area contributed by atoms with Crippen LogP contribution in [-0.4, -0.2) is 46.6 Å². The maximum absolute atomic E-state index is 11.9. The topological polar surface area (TPSA) is 227 Å². The first-order valence-corrected chi connectivity index (χ1v) is 12.0. The Morgan fingerprint density at radius 1 is 1.18 bits per heavy atom. The number of rotatable bonds is 7. The van der Waals surface area contributed by atoms with Crippen LogP contribution >= 0.6 is 35.7 Å². The van der Waals surface area contributed by atoms with Crippen molar-refractivity contribution in [1.82, 2.24) is 9.55 Å². The third kappa shape index (κ3) is 6.21. The molecule has 15 nitrogen and oxygen atoms in total. The molecule has 0 aromatic carbocycles. The minimum Gasteiger partial charge on any atom is -0.387 e. The summed E-state index contributed by atoms with van der Waals surface area (Å²) in [6.07, 6.45) is -3.47. The summed E-state index contributed by atoms with van der Waals surface area (Å²) in [5.74, 6) is -0.876. The van der Waals surface area contributed by atoms with Crippen molar-refractivity contribution in [2.24, 2.45) is 5.92 Å². The molecule has 0 amide bonds. The molecule has 2 rings (SSSR count). The molecule has 0 bridgehead atoms. The van der Waals surface area contributed by atoms with Crippen LogP contribution in [0.1, 0.15) is 13.2 Å². The summed E-state index contributed by atoms with van der Waals surface area (Å²) in [7, 11) is -16.8. The third-order valence-electron chi connectivity index (χ3n) is 3.32. The highest BCUT2D eigenvalue weighted by molar-refractivity contribution is 7.71. The number of aromatic amines is 1. The largest absolute Gasteiger partial charge is 0.490 e. The molecule has 1 fully saturated rings. The van der Waals surface area contributed by atoms with Crippen molar-refractivity contribution in [1.29, 1.82) is 0 Å². The minimum atomic E-state index is -5.72. The number of nitrogens with zero attached hydrogens (tertiary/aromatic N) is 1. The van der Waals surface area contributed by atoms with Gasteiger partial charge in [-0.15, -0.1) is 0 Å². The van der Waals surface area contributed by atoms with Crippen LogP contribution in [0.15, 0.2) is 17.1 Å². The second-order valence-corrected chi connectivity index (χ2v) is 10.3. The number of aromatic nitrogens is 2. The van der Waals surface area contributed by atoms with Gasteiger partial charge in [-0.05, 0) is 6.07 Å². The molecule has 2 heterocycles. The average Bonchev–Trinajstić information content (AvgIpc) is 2.71. The smallest absolute Gasteiger partial charge is 0.387 e. The molecular weight excluding hydrogens is 469 g/mol. The Bertz CT molecular complexity index is 986. The number of hydrogen-bond acceptors (Lipinski definition) is 10. The molecule has 1 saturated heterocycles. The van der Waals surface area contributed by atoms with Gasteiger partial charge < -0.3 is 29.4 Å². The van der Waals surface area contributed by atoms with Gasteiger partial charge in [0.15, 0.2) is 6.29 Å². The summed E-state index contributed by atoms with van der Waals surface area (Å²) in [5, 5.41) is 10.1. The molecule has 6 N–H and O–H groups in total. The molecular formula is C9H15N2O13P3S. The van der Waals surface area contributed by atoms with Gasteiger partial charge in [0.05, 0.1) is 0 Å². The van der Waals surface area contributed by atoms with E-state index in [1.165, 1.54) is 19.2 Å². The fraction of sp³-hybridized carbons (Fsp3) is 0.556. The van der Waals surface area contributed by atoms with Gasteiger partial charge in [-0.3, -0.25) is 14.1 Å². The van der Waals surface area contributed by atoms with E-state index in [4.69, 9.17) is 31.6 Å². The monoisotopic (exact) mass is 484 g/mol. The van der Waals surface area contributed by atoms with E-state index in [1.807, 2.05) is 0 Å². The van der Waals surface area contributed by atoms with Crippen LogP contribution in [-0.2, 0) is 31.6 Å². The Kier molecular flexibility index (Phi) is 7.01. The molecule has 0 saturated carbocycles. The van der Waals surface area contributed by atoms with Crippen molar-refractivity contribution in [3.8, 4) is 0 Å². The van der Waals surface area contributed by atoms with E-state index in [-0.39, 0.29) is 4.64 Å². The molecule has 1 aliphatic rings. The average molecular weight is 484 g/mol. The molecule has 1 aromatic rings. The molecule has 0 spiro atoms. The predicted molar refractivity (Wildman–Crippen MR) is 89.9 cm³/mol. The number of H-pyrrole nitrogens is 1. The lowest BCUT2D eigenvalue weighted by Crippen LogP contribution is -2.30. The van der Waals surface area contributed by atoms with Gasteiger partial charge >= 0.3 is 29.2 Å². The number of hydrogen-bond donors (Lipinski definition) is 6. The first-order valence-electron chi connectivity index (χ1n) is 7.07. The van der Waals surface area contributed by atoms with Crippen molar-refractivity contribution < 1.29 is 56.3 Å².